The van der Waals surface area contributed by atoms with Crippen molar-refractivity contribution in [3.63, 3.8) is 0 Å². The summed E-state index contributed by atoms with van der Waals surface area (Å²) in [4.78, 5) is 26.7. The largest absolute Gasteiger partial charge is 0.459 e. The van der Waals surface area contributed by atoms with E-state index in [4.69, 9.17) is 9.47 Å². The van der Waals surface area contributed by atoms with E-state index in [-0.39, 0.29) is 23.8 Å². The Kier molecular flexibility index (Phi) is 12.3. The van der Waals surface area contributed by atoms with E-state index in [9.17, 15) is 9.59 Å². The molecule has 1 aliphatic rings. The molecule has 4 atom stereocenters. The summed E-state index contributed by atoms with van der Waals surface area (Å²) < 4.78 is 12.4. The maximum Gasteiger partial charge on any atom is 0.310 e. The number of carbonyl (C=O) groups excluding carboxylic acids is 2. The zero-order chi connectivity index (χ0) is 24.4. The molecular weight excluding hydrogens is 400 g/mol. The Hall–Kier alpha value is -1.06. The Morgan fingerprint density at radius 1 is 0.750 bits per heavy atom. The lowest BCUT2D eigenvalue weighted by molar-refractivity contribution is -0.181. The number of carbonyl (C=O) groups is 2. The molecule has 0 aromatic carbocycles. The number of unbranched alkanes of at least 4 members (excludes halogenated alkanes) is 2. The molecule has 0 bridgehead atoms. The first-order chi connectivity index (χ1) is 14.9. The number of hydrogen-bond donors (Lipinski definition) is 0. The van der Waals surface area contributed by atoms with E-state index in [1.54, 1.807) is 0 Å². The molecule has 0 aromatic heterocycles. The maximum absolute atomic E-state index is 13.4. The van der Waals surface area contributed by atoms with E-state index in [0.29, 0.717) is 11.8 Å². The third kappa shape index (κ3) is 9.83. The minimum Gasteiger partial charge on any atom is -0.459 e. The Morgan fingerprint density at radius 2 is 1.09 bits per heavy atom. The van der Waals surface area contributed by atoms with E-state index in [1.165, 1.54) is 0 Å². The van der Waals surface area contributed by atoms with E-state index < -0.39 is 11.2 Å². The summed E-state index contributed by atoms with van der Waals surface area (Å²) in [5.41, 5.74) is -0.916. The summed E-state index contributed by atoms with van der Waals surface area (Å²) in [6, 6.07) is 0. The van der Waals surface area contributed by atoms with Gasteiger partial charge >= 0.3 is 11.9 Å². The average molecular weight is 453 g/mol. The van der Waals surface area contributed by atoms with Crippen LogP contribution in [0.4, 0.5) is 0 Å². The standard InChI is InChI=1S/C28H52O4/c1-9-11-17-27(7,19-21(3)4)31-25(29)23-15-13-14-16-24(23)26(30)32-28(8,18-12-10-2)20-22(5)6/h21-24H,9-20H2,1-8H3. The Labute approximate surface area is 198 Å². The van der Waals surface area contributed by atoms with Gasteiger partial charge in [-0.05, 0) is 77.0 Å². The molecule has 4 nitrogen and oxygen atoms in total. The van der Waals surface area contributed by atoms with Crippen molar-refractivity contribution in [1.82, 2.24) is 0 Å². The molecule has 1 rings (SSSR count). The second-order valence-electron chi connectivity index (χ2n) is 11.6. The first-order valence-corrected chi connectivity index (χ1v) is 13.4. The quantitative estimate of drug-likeness (QED) is 0.252. The lowest BCUT2D eigenvalue weighted by atomic mass is 9.78. The zero-order valence-corrected chi connectivity index (χ0v) is 22.4. The minimum absolute atomic E-state index is 0.190. The molecule has 1 saturated carbocycles. The van der Waals surface area contributed by atoms with E-state index in [1.807, 2.05) is 0 Å². The molecule has 4 heteroatoms. The van der Waals surface area contributed by atoms with Gasteiger partial charge in [0, 0.05) is 0 Å². The van der Waals surface area contributed by atoms with Gasteiger partial charge in [-0.25, -0.2) is 0 Å². The van der Waals surface area contributed by atoms with Gasteiger partial charge in [0.05, 0.1) is 11.8 Å². The van der Waals surface area contributed by atoms with E-state index in [0.717, 1.165) is 77.0 Å². The van der Waals surface area contributed by atoms with Crippen molar-refractivity contribution >= 4 is 11.9 Å². The number of hydrogen-bond acceptors (Lipinski definition) is 4. The van der Waals surface area contributed by atoms with Crippen molar-refractivity contribution in [3.8, 4) is 0 Å². The number of rotatable bonds is 14. The van der Waals surface area contributed by atoms with Crippen LogP contribution in [0.25, 0.3) is 0 Å². The van der Waals surface area contributed by atoms with Crippen LogP contribution in [0.3, 0.4) is 0 Å². The molecule has 0 aliphatic heterocycles. The molecule has 4 unspecified atom stereocenters. The van der Waals surface area contributed by atoms with Crippen LogP contribution in [0, 0.1) is 23.7 Å². The van der Waals surface area contributed by atoms with Crippen LogP contribution in [0.1, 0.15) is 132 Å². The molecule has 0 amide bonds. The van der Waals surface area contributed by atoms with Crippen LogP contribution < -0.4 is 0 Å². The van der Waals surface area contributed by atoms with Crippen molar-refractivity contribution in [2.24, 2.45) is 23.7 Å². The van der Waals surface area contributed by atoms with E-state index >= 15 is 0 Å². The highest BCUT2D eigenvalue weighted by Crippen LogP contribution is 2.37. The van der Waals surface area contributed by atoms with Gasteiger partial charge in [0.2, 0.25) is 0 Å². The Bertz CT molecular complexity index is 520. The Morgan fingerprint density at radius 3 is 1.38 bits per heavy atom. The molecule has 32 heavy (non-hydrogen) atoms. The second-order valence-corrected chi connectivity index (χ2v) is 11.6. The van der Waals surface area contributed by atoms with Gasteiger partial charge in [-0.1, -0.05) is 67.2 Å². The molecular formula is C28H52O4. The average Bonchev–Trinajstić information content (AvgIpc) is 2.69. The van der Waals surface area contributed by atoms with Gasteiger partial charge in [0.25, 0.3) is 0 Å². The highest BCUT2D eigenvalue weighted by atomic mass is 16.6. The predicted molar refractivity (Wildman–Crippen MR) is 132 cm³/mol. The molecule has 0 spiro atoms. The van der Waals surface area contributed by atoms with Gasteiger partial charge in [-0.2, -0.15) is 0 Å². The third-order valence-corrected chi connectivity index (χ3v) is 6.86. The highest BCUT2D eigenvalue weighted by molar-refractivity contribution is 5.82. The van der Waals surface area contributed by atoms with Crippen LogP contribution in [-0.4, -0.2) is 23.1 Å². The fourth-order valence-corrected chi connectivity index (χ4v) is 5.55. The van der Waals surface area contributed by atoms with Gasteiger partial charge in [0.15, 0.2) is 0 Å². The highest BCUT2D eigenvalue weighted by Gasteiger charge is 2.42. The SMILES string of the molecule is CCCCC(C)(CC(C)C)OC(=O)C1CCCCC1C(=O)OC(C)(CCCC)CC(C)C. The molecule has 1 aliphatic carbocycles. The third-order valence-electron chi connectivity index (χ3n) is 6.86. The summed E-state index contributed by atoms with van der Waals surface area (Å²) in [7, 11) is 0. The van der Waals surface area contributed by atoms with E-state index in [2.05, 4.69) is 55.4 Å². The summed E-state index contributed by atoms with van der Waals surface area (Å²) >= 11 is 0. The first-order valence-electron chi connectivity index (χ1n) is 13.4. The fraction of sp³-hybridized carbons (Fsp3) is 0.929. The van der Waals surface area contributed by atoms with Crippen LogP contribution in [0.5, 0.6) is 0 Å². The molecule has 0 aromatic rings. The van der Waals surface area contributed by atoms with Gasteiger partial charge in [-0.15, -0.1) is 0 Å². The van der Waals surface area contributed by atoms with Crippen molar-refractivity contribution in [3.05, 3.63) is 0 Å². The monoisotopic (exact) mass is 452 g/mol. The Balaban J connectivity index is 2.96. The minimum atomic E-state index is -0.458. The van der Waals surface area contributed by atoms with Gasteiger partial charge in [0.1, 0.15) is 11.2 Å². The van der Waals surface area contributed by atoms with Crippen LogP contribution >= 0.6 is 0 Å². The molecule has 0 heterocycles. The fourth-order valence-electron chi connectivity index (χ4n) is 5.55. The molecule has 0 saturated heterocycles. The lowest BCUT2D eigenvalue weighted by Crippen LogP contribution is -2.43. The predicted octanol–water partition coefficient (Wildman–Crippen LogP) is 7.87. The molecule has 188 valence electrons. The van der Waals surface area contributed by atoms with Crippen LogP contribution in [0.2, 0.25) is 0 Å². The first kappa shape index (κ1) is 29.0. The summed E-state index contributed by atoms with van der Waals surface area (Å²) in [6.45, 7) is 17.2. The molecule has 0 N–H and O–H groups in total. The summed E-state index contributed by atoms with van der Waals surface area (Å²) in [6.07, 6.45) is 11.1. The van der Waals surface area contributed by atoms with Crippen LogP contribution in [-0.2, 0) is 19.1 Å². The van der Waals surface area contributed by atoms with Crippen molar-refractivity contribution in [2.75, 3.05) is 0 Å². The van der Waals surface area contributed by atoms with Crippen molar-refractivity contribution in [2.45, 2.75) is 144 Å². The number of esters is 2. The zero-order valence-electron chi connectivity index (χ0n) is 22.4. The van der Waals surface area contributed by atoms with Crippen molar-refractivity contribution < 1.29 is 19.1 Å². The normalized spacial score (nSPS) is 22.9. The van der Waals surface area contributed by atoms with Gasteiger partial charge < -0.3 is 9.47 Å². The lowest BCUT2D eigenvalue weighted by Gasteiger charge is -2.37. The van der Waals surface area contributed by atoms with Crippen LogP contribution in [0.15, 0.2) is 0 Å². The topological polar surface area (TPSA) is 52.6 Å². The molecule has 1 fully saturated rings. The van der Waals surface area contributed by atoms with Gasteiger partial charge in [-0.3, -0.25) is 9.59 Å². The summed E-state index contributed by atoms with van der Waals surface area (Å²) in [5, 5.41) is 0. The van der Waals surface area contributed by atoms with Crippen molar-refractivity contribution in [1.29, 1.82) is 0 Å². The summed E-state index contributed by atoms with van der Waals surface area (Å²) in [5.74, 6) is -0.230. The molecule has 0 radical (unpaired) electrons. The number of ether oxygens (including phenoxy) is 2. The maximum atomic E-state index is 13.4. The smallest absolute Gasteiger partial charge is 0.310 e. The second kappa shape index (κ2) is 13.6.